The van der Waals surface area contributed by atoms with E-state index in [0.29, 0.717) is 27.7 Å². The molecular formula is C22H17ClN2O4. The predicted octanol–water partition coefficient (Wildman–Crippen LogP) is 4.62. The standard InChI is InChI=1S/C22H17ClN2O4/c1-15-7-9-19(20(23)12-15)22(27)25-24-14-16-4-2-5-18(13-16)29-21(26)10-8-17-6-3-11-28-17/h2-14H,1H3,(H,25,27)/b10-8+,24-14-. The van der Waals surface area contributed by atoms with Crippen LogP contribution in [-0.2, 0) is 4.79 Å². The quantitative estimate of drug-likeness (QED) is 0.212. The average Bonchev–Trinajstić information content (AvgIpc) is 3.20. The molecule has 0 fully saturated rings. The van der Waals surface area contributed by atoms with Gasteiger partial charge in [-0.2, -0.15) is 5.10 Å². The fourth-order valence-electron chi connectivity index (χ4n) is 2.37. The number of hydrogen-bond acceptors (Lipinski definition) is 5. The van der Waals surface area contributed by atoms with Crippen LogP contribution in [0.1, 0.15) is 27.2 Å². The zero-order valence-corrected chi connectivity index (χ0v) is 16.2. The molecule has 0 radical (unpaired) electrons. The number of carbonyl (C=O) groups excluding carboxylic acids is 2. The maximum Gasteiger partial charge on any atom is 0.336 e. The molecule has 1 N–H and O–H groups in total. The van der Waals surface area contributed by atoms with Gasteiger partial charge in [-0.15, -0.1) is 0 Å². The Hall–Kier alpha value is -3.64. The van der Waals surface area contributed by atoms with Crippen LogP contribution in [0.3, 0.4) is 0 Å². The fraction of sp³-hybridized carbons (Fsp3) is 0.0455. The van der Waals surface area contributed by atoms with E-state index in [1.807, 2.05) is 6.92 Å². The predicted molar refractivity (Wildman–Crippen MR) is 111 cm³/mol. The van der Waals surface area contributed by atoms with E-state index in [4.69, 9.17) is 20.8 Å². The van der Waals surface area contributed by atoms with Gasteiger partial charge < -0.3 is 9.15 Å². The highest BCUT2D eigenvalue weighted by atomic mass is 35.5. The summed E-state index contributed by atoms with van der Waals surface area (Å²) in [5.74, 6) is -0.0714. The van der Waals surface area contributed by atoms with Crippen molar-refractivity contribution in [3.8, 4) is 5.75 Å². The lowest BCUT2D eigenvalue weighted by atomic mass is 10.1. The van der Waals surface area contributed by atoms with Crippen molar-refractivity contribution in [2.75, 3.05) is 0 Å². The third kappa shape index (κ3) is 5.92. The number of benzene rings is 2. The number of rotatable bonds is 6. The van der Waals surface area contributed by atoms with Gasteiger partial charge >= 0.3 is 5.97 Å². The molecule has 2 aromatic carbocycles. The van der Waals surface area contributed by atoms with Gasteiger partial charge in [-0.1, -0.05) is 29.8 Å². The van der Waals surface area contributed by atoms with Crippen LogP contribution >= 0.6 is 11.6 Å². The number of halogens is 1. The van der Waals surface area contributed by atoms with E-state index in [0.717, 1.165) is 5.56 Å². The van der Waals surface area contributed by atoms with E-state index in [1.165, 1.54) is 24.6 Å². The second-order valence-electron chi connectivity index (χ2n) is 6.02. The number of nitrogens with one attached hydrogen (secondary N) is 1. The number of furan rings is 1. The summed E-state index contributed by atoms with van der Waals surface area (Å²) in [6.45, 7) is 1.89. The summed E-state index contributed by atoms with van der Waals surface area (Å²) in [5, 5.41) is 4.28. The van der Waals surface area contributed by atoms with Gasteiger partial charge in [0.15, 0.2) is 0 Å². The molecule has 1 aromatic heterocycles. The summed E-state index contributed by atoms with van der Waals surface area (Å²) >= 11 is 6.08. The minimum absolute atomic E-state index is 0.334. The molecule has 3 rings (SSSR count). The molecule has 29 heavy (non-hydrogen) atoms. The first-order chi connectivity index (χ1) is 14.0. The lowest BCUT2D eigenvalue weighted by Crippen LogP contribution is -2.18. The van der Waals surface area contributed by atoms with Crippen molar-refractivity contribution in [2.45, 2.75) is 6.92 Å². The van der Waals surface area contributed by atoms with Gasteiger partial charge in [0.25, 0.3) is 5.91 Å². The van der Waals surface area contributed by atoms with Crippen molar-refractivity contribution < 1.29 is 18.7 Å². The zero-order valence-electron chi connectivity index (χ0n) is 15.5. The van der Waals surface area contributed by atoms with Gasteiger partial charge in [0.2, 0.25) is 0 Å². The Morgan fingerprint density at radius 2 is 2.00 bits per heavy atom. The lowest BCUT2D eigenvalue weighted by Gasteiger charge is -2.04. The lowest BCUT2D eigenvalue weighted by molar-refractivity contribution is -0.128. The van der Waals surface area contributed by atoms with Gasteiger partial charge in [-0.3, -0.25) is 4.79 Å². The summed E-state index contributed by atoms with van der Waals surface area (Å²) in [6, 6.07) is 15.3. The molecule has 1 heterocycles. The second-order valence-corrected chi connectivity index (χ2v) is 6.43. The SMILES string of the molecule is Cc1ccc(C(=O)N/N=C\c2cccc(OC(=O)/C=C/c3ccco3)c2)c(Cl)c1. The number of carbonyl (C=O) groups is 2. The molecule has 6 nitrogen and oxygen atoms in total. The van der Waals surface area contributed by atoms with Crippen molar-refractivity contribution in [1.82, 2.24) is 5.43 Å². The molecule has 1 amide bonds. The molecule has 0 aliphatic carbocycles. The second kappa shape index (κ2) is 9.52. The van der Waals surface area contributed by atoms with Crippen molar-refractivity contribution in [3.05, 3.63) is 94.4 Å². The van der Waals surface area contributed by atoms with E-state index >= 15 is 0 Å². The smallest absolute Gasteiger partial charge is 0.336 e. The summed E-state index contributed by atoms with van der Waals surface area (Å²) in [7, 11) is 0. The molecule has 3 aromatic rings. The maximum absolute atomic E-state index is 12.2. The van der Waals surface area contributed by atoms with E-state index in [2.05, 4.69) is 10.5 Å². The molecular weight excluding hydrogens is 392 g/mol. The Kier molecular flexibility index (Phi) is 6.60. The monoisotopic (exact) mass is 408 g/mol. The van der Waals surface area contributed by atoms with Gasteiger partial charge in [-0.25, -0.2) is 10.2 Å². The van der Waals surface area contributed by atoms with Crippen LogP contribution in [0.15, 0.2) is 76.5 Å². The largest absolute Gasteiger partial charge is 0.465 e. The number of nitrogens with zero attached hydrogens (tertiary/aromatic N) is 1. The summed E-state index contributed by atoms with van der Waals surface area (Å²) in [4.78, 5) is 24.0. The first-order valence-corrected chi connectivity index (χ1v) is 9.02. The Morgan fingerprint density at radius 1 is 1.14 bits per heavy atom. The van der Waals surface area contributed by atoms with Gasteiger partial charge in [0.1, 0.15) is 11.5 Å². The molecule has 0 saturated carbocycles. The molecule has 0 atom stereocenters. The Balaban J connectivity index is 1.59. The van der Waals surface area contributed by atoms with Gasteiger partial charge in [-0.05, 0) is 60.5 Å². The molecule has 0 saturated heterocycles. The van der Waals surface area contributed by atoms with Crippen LogP contribution in [0.2, 0.25) is 5.02 Å². The first kappa shape index (κ1) is 20.1. The van der Waals surface area contributed by atoms with Gasteiger partial charge in [0, 0.05) is 6.08 Å². The fourth-order valence-corrected chi connectivity index (χ4v) is 2.70. The third-order valence-corrected chi connectivity index (χ3v) is 4.07. The average molecular weight is 409 g/mol. The van der Waals surface area contributed by atoms with Crippen LogP contribution in [0.5, 0.6) is 5.75 Å². The number of hydrazone groups is 1. The number of hydrogen-bond donors (Lipinski definition) is 1. The third-order valence-electron chi connectivity index (χ3n) is 3.75. The molecule has 0 spiro atoms. The van der Waals surface area contributed by atoms with E-state index in [9.17, 15) is 9.59 Å². The maximum atomic E-state index is 12.2. The van der Waals surface area contributed by atoms with Crippen molar-refractivity contribution in [3.63, 3.8) is 0 Å². The zero-order chi connectivity index (χ0) is 20.6. The normalized spacial score (nSPS) is 11.1. The molecule has 0 aliphatic heterocycles. The minimum atomic E-state index is -0.544. The first-order valence-electron chi connectivity index (χ1n) is 8.64. The Morgan fingerprint density at radius 3 is 2.76 bits per heavy atom. The minimum Gasteiger partial charge on any atom is -0.465 e. The van der Waals surface area contributed by atoms with Crippen LogP contribution in [0, 0.1) is 6.92 Å². The molecule has 0 bridgehead atoms. The molecule has 0 aliphatic rings. The number of ether oxygens (including phenoxy) is 1. The number of aryl methyl sites for hydroxylation is 1. The summed E-state index contributed by atoms with van der Waals surface area (Å²) in [5.41, 5.74) is 4.35. The highest BCUT2D eigenvalue weighted by Crippen LogP contribution is 2.17. The van der Waals surface area contributed by atoms with E-state index in [-0.39, 0.29) is 0 Å². The topological polar surface area (TPSA) is 80.9 Å². The van der Waals surface area contributed by atoms with Crippen molar-refractivity contribution in [2.24, 2.45) is 5.10 Å². The van der Waals surface area contributed by atoms with Crippen LogP contribution in [0.25, 0.3) is 6.08 Å². The Bertz CT molecular complexity index is 1070. The molecule has 146 valence electrons. The highest BCUT2D eigenvalue weighted by Gasteiger charge is 2.09. The van der Waals surface area contributed by atoms with Crippen LogP contribution in [0.4, 0.5) is 0 Å². The summed E-state index contributed by atoms with van der Waals surface area (Å²) < 4.78 is 10.4. The van der Waals surface area contributed by atoms with Crippen LogP contribution < -0.4 is 10.2 Å². The number of amides is 1. The van der Waals surface area contributed by atoms with E-state index < -0.39 is 11.9 Å². The Labute approximate surface area is 172 Å². The number of esters is 1. The summed E-state index contributed by atoms with van der Waals surface area (Å²) in [6.07, 6.45) is 5.74. The molecule has 7 heteroatoms. The molecule has 0 unspecified atom stereocenters. The van der Waals surface area contributed by atoms with E-state index in [1.54, 1.807) is 54.6 Å². The van der Waals surface area contributed by atoms with Gasteiger partial charge in [0.05, 0.1) is 23.1 Å². The highest BCUT2D eigenvalue weighted by molar-refractivity contribution is 6.33. The van der Waals surface area contributed by atoms with Crippen molar-refractivity contribution >= 4 is 35.8 Å². The van der Waals surface area contributed by atoms with Crippen LogP contribution in [-0.4, -0.2) is 18.1 Å². The van der Waals surface area contributed by atoms with Crippen molar-refractivity contribution in [1.29, 1.82) is 0 Å².